The van der Waals surface area contributed by atoms with E-state index in [2.05, 4.69) is 27.7 Å². The van der Waals surface area contributed by atoms with Gasteiger partial charge in [0.05, 0.1) is 11.7 Å². The molecule has 4 aliphatic rings. The van der Waals surface area contributed by atoms with E-state index in [1.807, 2.05) is 13.8 Å². The Labute approximate surface area is 173 Å². The van der Waals surface area contributed by atoms with E-state index in [-0.39, 0.29) is 6.10 Å². The quantitative estimate of drug-likeness (QED) is 0.603. The minimum atomic E-state index is -0.547. The van der Waals surface area contributed by atoms with E-state index >= 15 is 0 Å². The summed E-state index contributed by atoms with van der Waals surface area (Å²) in [5.74, 6) is 4.03. The van der Waals surface area contributed by atoms with Crippen LogP contribution in [0.15, 0.2) is 0 Å². The second-order valence-electron chi connectivity index (χ2n) is 13.0. The normalized spacial score (nSPS) is 52.5. The monoisotopic (exact) mass is 390 g/mol. The highest BCUT2D eigenvalue weighted by atomic mass is 16.3. The lowest BCUT2D eigenvalue weighted by atomic mass is 9.40. The van der Waals surface area contributed by atoms with Crippen LogP contribution in [-0.2, 0) is 0 Å². The Morgan fingerprint density at radius 3 is 2.32 bits per heavy atom. The molecule has 0 aromatic rings. The molecule has 0 aromatic carbocycles. The van der Waals surface area contributed by atoms with Crippen molar-refractivity contribution in [1.82, 2.24) is 0 Å². The van der Waals surface area contributed by atoms with Crippen LogP contribution < -0.4 is 0 Å². The van der Waals surface area contributed by atoms with Gasteiger partial charge in [-0.15, -0.1) is 0 Å². The predicted octanol–water partition coefficient (Wildman–Crippen LogP) is 6.19. The molecule has 2 heteroatoms. The standard InChI is InChI=1S/C26H46O2/c1-17(15-23(2,3)28)20-7-8-21-19-10-12-24(4)16-18(27)9-14-26(24,6)22(19)11-13-25(20,21)5/h17-22,27-28H,7-16H2,1-6H3/t17?,18-,19?,20+,21?,22?,24?,25+,26+/m0/s1. The third kappa shape index (κ3) is 3.11. The molecule has 28 heavy (non-hydrogen) atoms. The third-order valence-electron chi connectivity index (χ3n) is 10.9. The van der Waals surface area contributed by atoms with E-state index in [0.717, 1.165) is 42.9 Å². The van der Waals surface area contributed by atoms with Crippen molar-refractivity contribution in [3.8, 4) is 0 Å². The number of rotatable bonds is 3. The first-order chi connectivity index (χ1) is 12.9. The Balaban J connectivity index is 1.57. The zero-order valence-corrected chi connectivity index (χ0v) is 19.4. The summed E-state index contributed by atoms with van der Waals surface area (Å²) in [6.07, 6.45) is 12.4. The number of aliphatic hydroxyl groups is 2. The second kappa shape index (κ2) is 6.71. The van der Waals surface area contributed by atoms with Crippen molar-refractivity contribution in [1.29, 1.82) is 0 Å². The van der Waals surface area contributed by atoms with Crippen molar-refractivity contribution in [2.75, 3.05) is 0 Å². The third-order valence-corrected chi connectivity index (χ3v) is 10.9. The fourth-order valence-corrected chi connectivity index (χ4v) is 9.52. The summed E-state index contributed by atoms with van der Waals surface area (Å²) in [4.78, 5) is 0. The van der Waals surface area contributed by atoms with E-state index in [1.54, 1.807) is 0 Å². The van der Waals surface area contributed by atoms with E-state index in [4.69, 9.17) is 0 Å². The van der Waals surface area contributed by atoms with Crippen molar-refractivity contribution < 1.29 is 10.2 Å². The summed E-state index contributed by atoms with van der Waals surface area (Å²) in [6, 6.07) is 0. The first kappa shape index (κ1) is 21.2. The first-order valence-electron chi connectivity index (χ1n) is 12.3. The molecule has 0 aliphatic heterocycles. The maximum atomic E-state index is 10.4. The van der Waals surface area contributed by atoms with Gasteiger partial charge in [-0.1, -0.05) is 27.7 Å². The van der Waals surface area contributed by atoms with Gasteiger partial charge in [-0.2, -0.15) is 0 Å². The molecule has 162 valence electrons. The van der Waals surface area contributed by atoms with Gasteiger partial charge in [-0.05, 0) is 124 Å². The van der Waals surface area contributed by atoms with Gasteiger partial charge in [0.2, 0.25) is 0 Å². The number of aliphatic hydroxyl groups excluding tert-OH is 1. The molecule has 4 rings (SSSR count). The first-order valence-corrected chi connectivity index (χ1v) is 12.3. The molecule has 0 amide bonds. The smallest absolute Gasteiger partial charge is 0.0594 e. The highest BCUT2D eigenvalue weighted by Gasteiger charge is 2.63. The molecule has 0 bridgehead atoms. The van der Waals surface area contributed by atoms with Gasteiger partial charge < -0.3 is 10.2 Å². The SMILES string of the molecule is CC(CC(C)(C)O)[C@H]1CCC2C3CCC4(C)C[C@@H](O)CC[C@]4(C)C3CC[C@@]21C. The van der Waals surface area contributed by atoms with Crippen LogP contribution in [0.1, 0.15) is 106 Å². The van der Waals surface area contributed by atoms with Crippen LogP contribution in [0.5, 0.6) is 0 Å². The van der Waals surface area contributed by atoms with Crippen LogP contribution in [-0.4, -0.2) is 21.9 Å². The Kier molecular flexibility index (Phi) is 5.07. The van der Waals surface area contributed by atoms with Gasteiger partial charge in [0.15, 0.2) is 0 Å². The Morgan fingerprint density at radius 1 is 0.929 bits per heavy atom. The molecule has 2 nitrogen and oxygen atoms in total. The Bertz CT molecular complexity index is 594. The molecule has 0 heterocycles. The molecule has 9 atom stereocenters. The Hall–Kier alpha value is -0.0800. The fourth-order valence-electron chi connectivity index (χ4n) is 9.52. The van der Waals surface area contributed by atoms with Gasteiger partial charge in [0.1, 0.15) is 0 Å². The lowest BCUT2D eigenvalue weighted by Gasteiger charge is -2.65. The van der Waals surface area contributed by atoms with Crippen molar-refractivity contribution in [3.63, 3.8) is 0 Å². The molecule has 4 fully saturated rings. The summed E-state index contributed by atoms with van der Waals surface area (Å²) < 4.78 is 0. The van der Waals surface area contributed by atoms with E-state index in [9.17, 15) is 10.2 Å². The predicted molar refractivity (Wildman–Crippen MR) is 116 cm³/mol. The zero-order valence-electron chi connectivity index (χ0n) is 19.4. The van der Waals surface area contributed by atoms with Crippen LogP contribution in [0.4, 0.5) is 0 Å². The molecule has 4 saturated carbocycles. The lowest BCUT2D eigenvalue weighted by Crippen LogP contribution is -2.58. The zero-order chi connectivity index (χ0) is 20.5. The van der Waals surface area contributed by atoms with Gasteiger partial charge in [-0.25, -0.2) is 0 Å². The van der Waals surface area contributed by atoms with Crippen LogP contribution in [0.25, 0.3) is 0 Å². The summed E-state index contributed by atoms with van der Waals surface area (Å²) in [7, 11) is 0. The molecule has 0 aromatic heterocycles. The number of fused-ring (bicyclic) bond motifs is 5. The number of hydrogen-bond acceptors (Lipinski definition) is 2. The van der Waals surface area contributed by atoms with Crippen LogP contribution in [0, 0.1) is 45.8 Å². The van der Waals surface area contributed by atoms with E-state index in [1.165, 1.54) is 44.9 Å². The van der Waals surface area contributed by atoms with Gasteiger partial charge in [0, 0.05) is 0 Å². The van der Waals surface area contributed by atoms with Gasteiger partial charge in [0.25, 0.3) is 0 Å². The van der Waals surface area contributed by atoms with Crippen LogP contribution >= 0.6 is 0 Å². The number of hydrogen-bond donors (Lipinski definition) is 2. The van der Waals surface area contributed by atoms with Crippen LogP contribution in [0.3, 0.4) is 0 Å². The molecule has 0 radical (unpaired) electrons. The minimum absolute atomic E-state index is 0.0676. The average Bonchev–Trinajstić information content (AvgIpc) is 2.92. The largest absolute Gasteiger partial charge is 0.393 e. The molecule has 0 spiro atoms. The van der Waals surface area contributed by atoms with E-state index in [0.29, 0.717) is 22.2 Å². The summed E-state index contributed by atoms with van der Waals surface area (Å²) in [5.41, 5.74) is 0.692. The highest BCUT2D eigenvalue weighted by molar-refractivity contribution is 5.12. The molecular weight excluding hydrogens is 344 g/mol. The molecule has 2 N–H and O–H groups in total. The molecular formula is C26H46O2. The topological polar surface area (TPSA) is 40.5 Å². The van der Waals surface area contributed by atoms with Gasteiger partial charge in [-0.3, -0.25) is 0 Å². The molecule has 0 saturated heterocycles. The van der Waals surface area contributed by atoms with E-state index < -0.39 is 5.60 Å². The van der Waals surface area contributed by atoms with Crippen molar-refractivity contribution >= 4 is 0 Å². The maximum Gasteiger partial charge on any atom is 0.0594 e. The van der Waals surface area contributed by atoms with Gasteiger partial charge >= 0.3 is 0 Å². The average molecular weight is 391 g/mol. The summed E-state index contributed by atoms with van der Waals surface area (Å²) in [6.45, 7) is 14.1. The van der Waals surface area contributed by atoms with Crippen LogP contribution in [0.2, 0.25) is 0 Å². The van der Waals surface area contributed by atoms with Crippen molar-refractivity contribution in [2.45, 2.75) is 117 Å². The lowest BCUT2D eigenvalue weighted by molar-refractivity contribution is -0.171. The van der Waals surface area contributed by atoms with Crippen molar-refractivity contribution in [3.05, 3.63) is 0 Å². The molecule has 5 unspecified atom stereocenters. The van der Waals surface area contributed by atoms with Crippen molar-refractivity contribution in [2.24, 2.45) is 45.8 Å². The summed E-state index contributed by atoms with van der Waals surface area (Å²) >= 11 is 0. The second-order valence-corrected chi connectivity index (χ2v) is 13.0. The Morgan fingerprint density at radius 2 is 1.64 bits per heavy atom. The summed E-state index contributed by atoms with van der Waals surface area (Å²) in [5, 5.41) is 20.8. The minimum Gasteiger partial charge on any atom is -0.393 e. The molecule has 4 aliphatic carbocycles. The maximum absolute atomic E-state index is 10.4. The fraction of sp³-hybridized carbons (Fsp3) is 1.00. The highest BCUT2D eigenvalue weighted by Crippen LogP contribution is 2.71.